The van der Waals surface area contributed by atoms with Crippen molar-refractivity contribution < 1.29 is 42.0 Å². The first-order valence-corrected chi connectivity index (χ1v) is 14.2. The number of carboxylic acid groups (broad SMARTS) is 2. The fourth-order valence-corrected chi connectivity index (χ4v) is 5.88. The average Bonchev–Trinajstić information content (AvgIpc) is 3.59. The van der Waals surface area contributed by atoms with E-state index in [0.717, 1.165) is 39.0 Å². The van der Waals surface area contributed by atoms with Gasteiger partial charge in [0.15, 0.2) is 0 Å². The summed E-state index contributed by atoms with van der Waals surface area (Å²) in [5, 5.41) is 29.6. The summed E-state index contributed by atoms with van der Waals surface area (Å²) < 4.78 is 0. The molecule has 10 heteroatoms. The second-order valence-corrected chi connectivity index (χ2v) is 11.1. The Morgan fingerprint density at radius 1 is 0.795 bits per heavy atom. The molecule has 1 atom stereocenters. The molecule has 0 saturated heterocycles. The average molecular weight is 635 g/mol. The molecule has 0 saturated carbocycles. The van der Waals surface area contributed by atoms with Gasteiger partial charge in [-0.15, -0.1) is 22.1 Å². The number of aromatic nitrogens is 4. The van der Waals surface area contributed by atoms with Gasteiger partial charge in [0.05, 0.1) is 28.9 Å². The summed E-state index contributed by atoms with van der Waals surface area (Å²) >= 11 is 0. The van der Waals surface area contributed by atoms with Crippen LogP contribution in [0.1, 0.15) is 91.2 Å². The fraction of sp³-hybridized carbons (Fsp3) is 0.294. The van der Waals surface area contributed by atoms with Crippen LogP contribution in [-0.2, 0) is 33.1 Å². The van der Waals surface area contributed by atoms with Crippen molar-refractivity contribution in [2.24, 2.45) is 0 Å². The summed E-state index contributed by atoms with van der Waals surface area (Å²) in [5.74, 6) is -1.83. The largest absolute Gasteiger partial charge is 2.00 e. The zero-order chi connectivity index (χ0) is 31.2. The molecule has 228 valence electrons. The van der Waals surface area contributed by atoms with Gasteiger partial charge in [-0.1, -0.05) is 53.6 Å². The Morgan fingerprint density at radius 2 is 1.32 bits per heavy atom. The third-order valence-corrected chi connectivity index (χ3v) is 8.28. The van der Waals surface area contributed by atoms with Gasteiger partial charge in [0, 0.05) is 18.4 Å². The van der Waals surface area contributed by atoms with Crippen molar-refractivity contribution in [3.05, 3.63) is 81.9 Å². The van der Waals surface area contributed by atoms with E-state index in [1.807, 2.05) is 52.0 Å². The second kappa shape index (κ2) is 12.8. The molecule has 0 fully saturated rings. The molecule has 0 radical (unpaired) electrons. The molecule has 44 heavy (non-hydrogen) atoms. The maximum absolute atomic E-state index is 11.5. The zero-order valence-corrected chi connectivity index (χ0v) is 26.4. The van der Waals surface area contributed by atoms with Crippen LogP contribution in [0.4, 0.5) is 0 Å². The van der Waals surface area contributed by atoms with Gasteiger partial charge in [-0.3, -0.25) is 9.59 Å². The van der Waals surface area contributed by atoms with Gasteiger partial charge in [0.2, 0.25) is 0 Å². The van der Waals surface area contributed by atoms with E-state index in [0.29, 0.717) is 50.4 Å². The number of hydrogen-bond donors (Lipinski definition) is 3. The Bertz CT molecular complexity index is 1930. The van der Waals surface area contributed by atoms with E-state index in [-0.39, 0.29) is 42.8 Å². The van der Waals surface area contributed by atoms with Crippen LogP contribution in [0.15, 0.2) is 36.9 Å². The van der Waals surface area contributed by atoms with E-state index >= 15 is 0 Å². The van der Waals surface area contributed by atoms with Crippen molar-refractivity contribution in [1.82, 2.24) is 19.9 Å². The summed E-state index contributed by atoms with van der Waals surface area (Å²) in [5.41, 5.74) is 11.6. The van der Waals surface area contributed by atoms with Crippen molar-refractivity contribution >= 4 is 56.3 Å². The number of hydrogen-bond acceptors (Lipinski definition) is 5. The quantitative estimate of drug-likeness (QED) is 0.247. The molecule has 2 aliphatic heterocycles. The summed E-state index contributed by atoms with van der Waals surface area (Å²) in [6.07, 6.45) is 1.37. The molecule has 5 heterocycles. The number of carboxylic acids is 2. The number of carbonyl (C=O) groups is 2. The molecule has 0 unspecified atom stereocenters. The minimum Gasteiger partial charge on any atom is -0.657 e. The molecule has 3 aromatic rings. The predicted octanol–water partition coefficient (Wildman–Crippen LogP) is 6.17. The number of aliphatic hydroxyl groups is 1. The van der Waals surface area contributed by atoms with Crippen molar-refractivity contribution in [2.75, 3.05) is 0 Å². The number of rotatable bonds is 8. The number of allylic oxidation sites excluding steroid dienone is 5. The Morgan fingerprint density at radius 3 is 1.95 bits per heavy atom. The van der Waals surface area contributed by atoms with Crippen molar-refractivity contribution in [1.29, 1.82) is 0 Å². The molecule has 0 spiro atoms. The number of fused-ring (bicyclic) bond motifs is 8. The molecule has 5 rings (SSSR count). The maximum Gasteiger partial charge on any atom is 2.00 e. The minimum atomic E-state index is -0.919. The van der Waals surface area contributed by atoms with Crippen molar-refractivity contribution in [3.8, 4) is 0 Å². The van der Waals surface area contributed by atoms with Crippen LogP contribution in [0.3, 0.4) is 0 Å². The molecule has 9 nitrogen and oxygen atoms in total. The van der Waals surface area contributed by atoms with Gasteiger partial charge in [-0.25, -0.2) is 9.97 Å². The monoisotopic (exact) mass is 634 g/mol. The van der Waals surface area contributed by atoms with Crippen LogP contribution in [-0.4, -0.2) is 37.2 Å². The Labute approximate surface area is 266 Å². The molecule has 8 bridgehead atoms. The van der Waals surface area contributed by atoms with E-state index < -0.39 is 18.0 Å². The zero-order valence-electron chi connectivity index (χ0n) is 25.3. The smallest absolute Gasteiger partial charge is 0.657 e. The summed E-state index contributed by atoms with van der Waals surface area (Å²) in [4.78, 5) is 42.7. The SMILES string of the molecule is C=CC1=C(C)c2cc3[n-]c(cc4nc(cc5[n-]c(cc1n2)c(C)c5[C@@H](C)O)C(C)=C4CCC(=O)O)c(CCC(=O)O)c3C.[Fe+2]. The Hall–Kier alpha value is -4.24. The Balaban J connectivity index is 0.00000442. The van der Waals surface area contributed by atoms with E-state index in [1.54, 1.807) is 13.0 Å². The van der Waals surface area contributed by atoms with E-state index in [1.165, 1.54) is 0 Å². The number of aliphatic carboxylic acids is 2. The Kier molecular flexibility index (Phi) is 9.49. The van der Waals surface area contributed by atoms with E-state index in [4.69, 9.17) is 19.9 Å². The van der Waals surface area contributed by atoms with Crippen LogP contribution >= 0.6 is 0 Å². The topological polar surface area (TPSA) is 149 Å². The second-order valence-electron chi connectivity index (χ2n) is 11.1. The van der Waals surface area contributed by atoms with Gasteiger partial charge in [0.25, 0.3) is 0 Å². The van der Waals surface area contributed by atoms with Crippen molar-refractivity contribution in [2.45, 2.75) is 66.4 Å². The van der Waals surface area contributed by atoms with Gasteiger partial charge >= 0.3 is 29.0 Å². The third kappa shape index (κ3) is 6.06. The maximum atomic E-state index is 11.5. The van der Waals surface area contributed by atoms with E-state index in [9.17, 15) is 24.9 Å². The summed E-state index contributed by atoms with van der Waals surface area (Å²) in [7, 11) is 0. The molecule has 3 aromatic heterocycles. The summed E-state index contributed by atoms with van der Waals surface area (Å²) in [6, 6.07) is 7.43. The van der Waals surface area contributed by atoms with Crippen LogP contribution in [0.2, 0.25) is 0 Å². The molecule has 0 amide bonds. The van der Waals surface area contributed by atoms with Crippen LogP contribution in [0.25, 0.3) is 44.4 Å². The van der Waals surface area contributed by atoms with Gasteiger partial charge in [0.1, 0.15) is 0 Å². The normalized spacial score (nSPS) is 13.6. The molecule has 0 aromatic carbocycles. The third-order valence-electron chi connectivity index (χ3n) is 8.28. The standard InChI is InChI=1S/C34H36N4O5.Fe/c1-7-21-16(2)24-12-25-17(3)22(8-10-32(40)41)29(36-25)15-30-23(9-11-33(42)43)18(4)26(37-30)14-31-34(20(6)39)19(5)27(38-31)13-28(21)35-24;/h7,12-15,20,39H,1,8-11H2,2-6H3,(H4,35,36,37,38,40,41,42,43);/q;+2/p-2/t20-;/m1./s1. The van der Waals surface area contributed by atoms with Gasteiger partial charge in [-0.2, -0.15) is 0 Å². The number of aliphatic hydroxyl groups excluding tert-OH is 1. The van der Waals surface area contributed by atoms with Crippen molar-refractivity contribution in [3.63, 3.8) is 0 Å². The number of aryl methyl sites for hydroxylation is 3. The molecular weight excluding hydrogens is 600 g/mol. The number of nitrogens with zero attached hydrogens (tertiary/aromatic N) is 4. The van der Waals surface area contributed by atoms with Gasteiger partial charge in [-0.05, 0) is 69.7 Å². The van der Waals surface area contributed by atoms with E-state index in [2.05, 4.69) is 6.58 Å². The first-order chi connectivity index (χ1) is 20.4. The molecule has 2 aliphatic rings. The fourth-order valence-electron chi connectivity index (χ4n) is 5.88. The predicted molar refractivity (Wildman–Crippen MR) is 167 cm³/mol. The molecule has 3 N–H and O–H groups in total. The van der Waals surface area contributed by atoms with Crippen LogP contribution in [0, 0.1) is 13.8 Å². The first kappa shape index (κ1) is 32.7. The first-order valence-electron chi connectivity index (χ1n) is 14.2. The summed E-state index contributed by atoms with van der Waals surface area (Å²) in [6.45, 7) is 13.4. The molecule has 0 aliphatic carbocycles. The molecular formula is C34H34FeN4O5. The van der Waals surface area contributed by atoms with Crippen LogP contribution < -0.4 is 9.97 Å². The van der Waals surface area contributed by atoms with Crippen LogP contribution in [0.5, 0.6) is 0 Å². The minimum absolute atomic E-state index is 0. The van der Waals surface area contributed by atoms with Gasteiger partial charge < -0.3 is 25.3 Å².